The Kier molecular flexibility index (Phi) is 9.30. The maximum atomic E-state index is 12.9. The summed E-state index contributed by atoms with van der Waals surface area (Å²) in [5, 5.41) is 18.0. The molecule has 4 N–H and O–H groups in total. The van der Waals surface area contributed by atoms with E-state index < -0.39 is 30.5 Å². The van der Waals surface area contributed by atoms with Gasteiger partial charge in [-0.25, -0.2) is 9.59 Å². The van der Waals surface area contributed by atoms with Gasteiger partial charge in [-0.2, -0.15) is 31.3 Å². The van der Waals surface area contributed by atoms with Crippen LogP contribution >= 0.6 is 0 Å². The number of aromatic nitrogens is 4. The second-order valence-corrected chi connectivity index (χ2v) is 8.04. The number of hydrogen-bond donors (Lipinski definition) is 3. The van der Waals surface area contributed by atoms with Crippen molar-refractivity contribution in [2.24, 2.45) is 5.73 Å². The summed E-state index contributed by atoms with van der Waals surface area (Å²) in [7, 11) is 0. The lowest BCUT2D eigenvalue weighted by Crippen LogP contribution is -2.43. The average Bonchev–Trinajstić information content (AvgIpc) is 3.27. The number of alkyl halides is 3. The number of carbonyl (C=O) groups is 1. The zero-order valence-corrected chi connectivity index (χ0v) is 19.8. The standard InChI is InChI=1S/C21H23F2N7O.C2HF3O2/c22-20(23)17(13-24)14-29-21(31)30(27-26-29)19-3-1-2-16(12-19)15-4-6-18(7-5-15)28-10-8-25-9-11-28;3-2(4,5)1(6)7/h1-7,12,25H,8-11,13-14,24H2;(H,6,7). The van der Waals surface area contributed by atoms with E-state index in [9.17, 15) is 26.7 Å². The van der Waals surface area contributed by atoms with E-state index >= 15 is 0 Å². The van der Waals surface area contributed by atoms with Crippen molar-refractivity contribution in [3.63, 3.8) is 0 Å². The van der Waals surface area contributed by atoms with Gasteiger partial charge in [-0.3, -0.25) is 0 Å². The molecular formula is C23H24F5N7O3. The summed E-state index contributed by atoms with van der Waals surface area (Å²) < 4.78 is 59.4. The molecule has 1 fully saturated rings. The second-order valence-electron chi connectivity index (χ2n) is 8.04. The van der Waals surface area contributed by atoms with Gasteiger partial charge in [0.15, 0.2) is 0 Å². The Balaban J connectivity index is 0.000000505. The first-order valence-corrected chi connectivity index (χ1v) is 11.2. The summed E-state index contributed by atoms with van der Waals surface area (Å²) in [4.78, 5) is 23.8. The van der Waals surface area contributed by atoms with Gasteiger partial charge in [0.05, 0.1) is 12.2 Å². The van der Waals surface area contributed by atoms with Gasteiger partial charge in [-0.05, 0) is 45.8 Å². The van der Waals surface area contributed by atoms with E-state index in [2.05, 4.69) is 32.8 Å². The number of tetrazole rings is 1. The Bertz CT molecular complexity index is 1330. The van der Waals surface area contributed by atoms with Gasteiger partial charge in [-0.15, -0.1) is 0 Å². The lowest BCUT2D eigenvalue weighted by molar-refractivity contribution is -0.192. The highest BCUT2D eigenvalue weighted by Gasteiger charge is 2.38. The van der Waals surface area contributed by atoms with Crippen molar-refractivity contribution in [3.8, 4) is 16.8 Å². The maximum Gasteiger partial charge on any atom is 0.490 e. The summed E-state index contributed by atoms with van der Waals surface area (Å²) in [6, 6.07) is 15.5. The van der Waals surface area contributed by atoms with Crippen molar-refractivity contribution < 1.29 is 31.9 Å². The fourth-order valence-corrected chi connectivity index (χ4v) is 3.52. The zero-order valence-electron chi connectivity index (χ0n) is 19.8. The summed E-state index contributed by atoms with van der Waals surface area (Å²) in [6.07, 6.45) is -6.99. The molecule has 0 aliphatic carbocycles. The number of hydrogen-bond acceptors (Lipinski definition) is 7. The predicted molar refractivity (Wildman–Crippen MR) is 128 cm³/mol. The number of aliphatic carboxylic acids is 1. The van der Waals surface area contributed by atoms with Gasteiger partial charge in [-0.1, -0.05) is 24.3 Å². The van der Waals surface area contributed by atoms with E-state index in [1.54, 1.807) is 6.07 Å². The van der Waals surface area contributed by atoms with Crippen LogP contribution in [0.1, 0.15) is 0 Å². The fraction of sp³-hybridized carbons (Fsp3) is 0.304. The summed E-state index contributed by atoms with van der Waals surface area (Å²) in [6.45, 7) is 3.13. The molecule has 1 saturated heterocycles. The number of nitrogens with two attached hydrogens (primary N) is 1. The minimum atomic E-state index is -5.08. The molecule has 4 rings (SSSR count). The molecule has 2 heterocycles. The molecule has 0 unspecified atom stereocenters. The van der Waals surface area contributed by atoms with E-state index in [-0.39, 0.29) is 12.1 Å². The van der Waals surface area contributed by atoms with Gasteiger partial charge in [0.2, 0.25) is 0 Å². The van der Waals surface area contributed by atoms with Crippen molar-refractivity contribution in [2.45, 2.75) is 12.7 Å². The van der Waals surface area contributed by atoms with Crippen LogP contribution < -0.4 is 21.6 Å². The normalized spacial score (nSPS) is 13.5. The monoisotopic (exact) mass is 541 g/mol. The van der Waals surface area contributed by atoms with E-state index in [1.807, 2.05) is 30.3 Å². The quantitative estimate of drug-likeness (QED) is 0.405. The van der Waals surface area contributed by atoms with Crippen LogP contribution in [0.15, 0.2) is 65.0 Å². The van der Waals surface area contributed by atoms with Gasteiger partial charge < -0.3 is 21.1 Å². The zero-order chi connectivity index (χ0) is 27.9. The molecule has 0 atom stereocenters. The molecule has 0 radical (unpaired) electrons. The molecule has 2 aromatic carbocycles. The van der Waals surface area contributed by atoms with E-state index in [4.69, 9.17) is 15.6 Å². The number of nitrogens with zero attached hydrogens (tertiary/aromatic N) is 5. The van der Waals surface area contributed by atoms with E-state index in [0.29, 0.717) is 5.69 Å². The van der Waals surface area contributed by atoms with Crippen molar-refractivity contribution in [1.82, 2.24) is 25.1 Å². The fourth-order valence-electron chi connectivity index (χ4n) is 3.52. The topological polar surface area (TPSA) is 131 Å². The van der Waals surface area contributed by atoms with Gasteiger partial charge >= 0.3 is 17.8 Å². The molecule has 1 aliphatic rings. The molecular weight excluding hydrogens is 517 g/mol. The first kappa shape index (κ1) is 28.5. The summed E-state index contributed by atoms with van der Waals surface area (Å²) >= 11 is 0. The second kappa shape index (κ2) is 12.4. The van der Waals surface area contributed by atoms with Crippen LogP contribution in [-0.2, 0) is 11.3 Å². The molecule has 1 aromatic heterocycles. The Morgan fingerprint density at radius 2 is 1.63 bits per heavy atom. The van der Waals surface area contributed by atoms with Crippen molar-refractivity contribution in [1.29, 1.82) is 0 Å². The maximum absolute atomic E-state index is 12.9. The predicted octanol–water partition coefficient (Wildman–Crippen LogP) is 2.25. The summed E-state index contributed by atoms with van der Waals surface area (Å²) in [5.74, 6) is -2.76. The summed E-state index contributed by atoms with van der Waals surface area (Å²) in [5.41, 5.74) is 7.92. The molecule has 10 nitrogen and oxygen atoms in total. The Labute approximate surface area is 212 Å². The van der Waals surface area contributed by atoms with E-state index in [1.165, 1.54) is 5.69 Å². The van der Waals surface area contributed by atoms with Crippen LogP contribution in [0.5, 0.6) is 0 Å². The van der Waals surface area contributed by atoms with Crippen molar-refractivity contribution in [3.05, 3.63) is 70.7 Å². The lowest BCUT2D eigenvalue weighted by Gasteiger charge is -2.29. The Hall–Kier alpha value is -4.11. The highest BCUT2D eigenvalue weighted by molar-refractivity contribution is 5.73. The van der Waals surface area contributed by atoms with Gasteiger partial charge in [0, 0.05) is 44.0 Å². The van der Waals surface area contributed by atoms with Crippen molar-refractivity contribution in [2.75, 3.05) is 37.6 Å². The van der Waals surface area contributed by atoms with Crippen molar-refractivity contribution >= 4 is 11.7 Å². The number of carboxylic acids is 1. The van der Waals surface area contributed by atoms with Crippen LogP contribution in [0.25, 0.3) is 16.8 Å². The molecule has 0 amide bonds. The van der Waals surface area contributed by atoms with Gasteiger partial charge in [0.1, 0.15) is 0 Å². The third kappa shape index (κ3) is 7.23. The highest BCUT2D eigenvalue weighted by Crippen LogP contribution is 2.25. The first-order chi connectivity index (χ1) is 18.0. The molecule has 15 heteroatoms. The number of piperazine rings is 1. The third-order valence-electron chi connectivity index (χ3n) is 5.51. The largest absolute Gasteiger partial charge is 0.490 e. The average molecular weight is 541 g/mol. The number of nitrogens with one attached hydrogen (secondary N) is 1. The van der Waals surface area contributed by atoms with Gasteiger partial charge in [0.25, 0.3) is 6.08 Å². The number of halogens is 5. The molecule has 204 valence electrons. The third-order valence-corrected chi connectivity index (χ3v) is 5.51. The number of rotatable bonds is 6. The molecule has 0 bridgehead atoms. The molecule has 0 saturated carbocycles. The van der Waals surface area contributed by atoms with Crippen LogP contribution in [0.2, 0.25) is 0 Å². The van der Waals surface area contributed by atoms with Crippen LogP contribution in [-0.4, -0.2) is 69.8 Å². The number of anilines is 1. The minimum absolute atomic E-state index is 0.354. The molecule has 38 heavy (non-hydrogen) atoms. The van der Waals surface area contributed by atoms with Crippen LogP contribution in [0.4, 0.5) is 27.6 Å². The Morgan fingerprint density at radius 1 is 1.00 bits per heavy atom. The number of benzene rings is 2. The number of carboxylic acid groups (broad SMARTS) is 1. The smallest absolute Gasteiger partial charge is 0.475 e. The van der Waals surface area contributed by atoms with Crippen LogP contribution in [0.3, 0.4) is 0 Å². The van der Waals surface area contributed by atoms with Crippen LogP contribution in [0, 0.1) is 0 Å². The molecule has 1 aliphatic heterocycles. The molecule has 3 aromatic rings. The SMILES string of the molecule is NCC(Cn1nnn(-c2cccc(-c3ccc(N4CCNCC4)cc3)c2)c1=O)=C(F)F.O=C(O)C(F)(F)F. The Morgan fingerprint density at radius 3 is 2.18 bits per heavy atom. The minimum Gasteiger partial charge on any atom is -0.475 e. The lowest BCUT2D eigenvalue weighted by atomic mass is 10.0. The molecule has 0 spiro atoms. The highest BCUT2D eigenvalue weighted by atomic mass is 19.4. The first-order valence-electron chi connectivity index (χ1n) is 11.2. The van der Waals surface area contributed by atoms with E-state index in [0.717, 1.165) is 46.7 Å².